The van der Waals surface area contributed by atoms with Crippen LogP contribution in [-0.4, -0.2) is 5.11 Å². The number of phenols is 1. The molecule has 3 rings (SSSR count). The third-order valence-corrected chi connectivity index (χ3v) is 7.65. The molecule has 2 fully saturated rings. The largest absolute Gasteiger partial charge is 0.508 e. The van der Waals surface area contributed by atoms with E-state index in [0.717, 1.165) is 23.7 Å². The van der Waals surface area contributed by atoms with Gasteiger partial charge in [-0.25, -0.2) is 0 Å². The van der Waals surface area contributed by atoms with E-state index in [1.165, 1.54) is 56.9 Å². The summed E-state index contributed by atoms with van der Waals surface area (Å²) in [6.45, 7) is 9.84. The summed E-state index contributed by atoms with van der Waals surface area (Å²) in [4.78, 5) is 0. The van der Waals surface area contributed by atoms with E-state index in [2.05, 4.69) is 39.8 Å². The second kappa shape index (κ2) is 7.72. The van der Waals surface area contributed by atoms with E-state index in [-0.39, 0.29) is 0 Å². The van der Waals surface area contributed by atoms with Crippen molar-refractivity contribution in [3.05, 3.63) is 29.8 Å². The summed E-state index contributed by atoms with van der Waals surface area (Å²) in [6, 6.07) is 8.10. The monoisotopic (exact) mass is 342 g/mol. The first-order valence-electron chi connectivity index (χ1n) is 10.7. The molecule has 2 aliphatic carbocycles. The lowest BCUT2D eigenvalue weighted by molar-refractivity contribution is 0.0519. The van der Waals surface area contributed by atoms with E-state index in [4.69, 9.17) is 0 Å². The predicted octanol–water partition coefficient (Wildman–Crippen LogP) is 7.15. The van der Waals surface area contributed by atoms with Gasteiger partial charge in [-0.3, -0.25) is 0 Å². The normalized spacial score (nSPS) is 33.4. The number of phenolic OH excluding ortho intramolecular Hbond substituents is 1. The highest BCUT2D eigenvalue weighted by Crippen LogP contribution is 2.62. The fraction of sp³-hybridized carbons (Fsp3) is 0.750. The first kappa shape index (κ1) is 18.8. The molecule has 2 aliphatic rings. The number of fused-ring (bicyclic) bond motifs is 1. The Hall–Kier alpha value is -0.980. The maximum atomic E-state index is 9.63. The summed E-state index contributed by atoms with van der Waals surface area (Å²) >= 11 is 0. The molecule has 25 heavy (non-hydrogen) atoms. The summed E-state index contributed by atoms with van der Waals surface area (Å²) < 4.78 is 0. The first-order chi connectivity index (χ1) is 11.9. The zero-order valence-corrected chi connectivity index (χ0v) is 16.8. The highest BCUT2D eigenvalue weighted by Gasteiger charge is 2.52. The van der Waals surface area contributed by atoms with Gasteiger partial charge in [-0.2, -0.15) is 0 Å². The van der Waals surface area contributed by atoms with Gasteiger partial charge in [-0.05, 0) is 78.4 Å². The van der Waals surface area contributed by atoms with Gasteiger partial charge in [-0.1, -0.05) is 65.5 Å². The quantitative estimate of drug-likeness (QED) is 0.581. The Balaban J connectivity index is 1.71. The molecule has 0 aromatic heterocycles. The van der Waals surface area contributed by atoms with Gasteiger partial charge in [0.05, 0.1) is 0 Å². The molecule has 1 N–H and O–H groups in total. The topological polar surface area (TPSA) is 20.2 Å². The Morgan fingerprint density at radius 2 is 1.76 bits per heavy atom. The van der Waals surface area contributed by atoms with Crippen LogP contribution in [0.1, 0.15) is 90.5 Å². The lowest BCUT2D eigenvalue weighted by atomic mass is 9.58. The fourth-order valence-corrected chi connectivity index (χ4v) is 6.33. The van der Waals surface area contributed by atoms with Crippen LogP contribution in [0, 0.1) is 29.1 Å². The molecule has 5 atom stereocenters. The summed E-state index contributed by atoms with van der Waals surface area (Å²) in [5.74, 6) is 4.55. The van der Waals surface area contributed by atoms with E-state index in [1.807, 2.05) is 12.1 Å². The molecule has 0 heterocycles. The van der Waals surface area contributed by atoms with Gasteiger partial charge in [0.1, 0.15) is 5.75 Å². The van der Waals surface area contributed by atoms with Crippen molar-refractivity contribution in [1.82, 2.24) is 0 Å². The zero-order valence-electron chi connectivity index (χ0n) is 16.8. The number of benzene rings is 1. The minimum Gasteiger partial charge on any atom is -0.508 e. The molecule has 0 aliphatic heterocycles. The Labute approximate surface area is 155 Å². The maximum absolute atomic E-state index is 9.63. The second-order valence-electron chi connectivity index (χ2n) is 9.69. The van der Waals surface area contributed by atoms with Crippen LogP contribution < -0.4 is 0 Å². The molecule has 0 saturated heterocycles. The standard InChI is InChI=1S/C24H38O/c1-17(2)7-5-8-18(3)22-14-15-23-21(9-6-16-24(22,23)4)19-10-12-20(25)13-11-19/h10-13,17-18,21-23,25H,5-9,14-16H2,1-4H3. The molecular formula is C24H38O. The van der Waals surface area contributed by atoms with Gasteiger partial charge >= 0.3 is 0 Å². The lowest BCUT2D eigenvalue weighted by Gasteiger charge is -2.47. The van der Waals surface area contributed by atoms with Crippen LogP contribution in [0.2, 0.25) is 0 Å². The van der Waals surface area contributed by atoms with Crippen LogP contribution in [0.15, 0.2) is 24.3 Å². The van der Waals surface area contributed by atoms with Crippen molar-refractivity contribution < 1.29 is 5.11 Å². The molecular weight excluding hydrogens is 304 g/mol. The van der Waals surface area contributed by atoms with Crippen molar-refractivity contribution >= 4 is 0 Å². The van der Waals surface area contributed by atoms with Gasteiger partial charge in [0.2, 0.25) is 0 Å². The summed E-state index contributed by atoms with van der Waals surface area (Å²) in [5.41, 5.74) is 1.99. The molecule has 5 unspecified atom stereocenters. The average Bonchev–Trinajstić information content (AvgIpc) is 2.92. The predicted molar refractivity (Wildman–Crippen MR) is 107 cm³/mol. The minimum absolute atomic E-state index is 0.394. The van der Waals surface area contributed by atoms with Crippen molar-refractivity contribution in [3.63, 3.8) is 0 Å². The van der Waals surface area contributed by atoms with Gasteiger partial charge in [0.25, 0.3) is 0 Å². The molecule has 0 radical (unpaired) electrons. The molecule has 140 valence electrons. The van der Waals surface area contributed by atoms with Crippen molar-refractivity contribution in [3.8, 4) is 5.75 Å². The minimum atomic E-state index is 0.394. The molecule has 1 nitrogen and oxygen atoms in total. The van der Waals surface area contributed by atoms with Crippen LogP contribution in [0.25, 0.3) is 0 Å². The molecule has 2 saturated carbocycles. The fourth-order valence-electron chi connectivity index (χ4n) is 6.33. The van der Waals surface area contributed by atoms with Crippen molar-refractivity contribution in [2.75, 3.05) is 0 Å². The van der Waals surface area contributed by atoms with Crippen molar-refractivity contribution in [1.29, 1.82) is 0 Å². The second-order valence-corrected chi connectivity index (χ2v) is 9.69. The number of hydrogen-bond donors (Lipinski definition) is 1. The van der Waals surface area contributed by atoms with Crippen LogP contribution in [0.3, 0.4) is 0 Å². The third kappa shape index (κ3) is 3.91. The molecule has 1 aromatic carbocycles. The Bertz CT molecular complexity index is 546. The van der Waals surface area contributed by atoms with Crippen molar-refractivity contribution in [2.45, 2.75) is 85.0 Å². The number of aromatic hydroxyl groups is 1. The maximum Gasteiger partial charge on any atom is 0.115 e. The van der Waals surface area contributed by atoms with Gasteiger partial charge in [0.15, 0.2) is 0 Å². The highest BCUT2D eigenvalue weighted by atomic mass is 16.3. The molecule has 0 amide bonds. The Kier molecular flexibility index (Phi) is 5.81. The van der Waals surface area contributed by atoms with Gasteiger partial charge in [0, 0.05) is 0 Å². The van der Waals surface area contributed by atoms with Crippen molar-refractivity contribution in [2.24, 2.45) is 29.1 Å². The SMILES string of the molecule is CC(C)CCCC(C)C1CCC2C(c3ccc(O)cc3)CCCC12C. The van der Waals surface area contributed by atoms with E-state index in [1.54, 1.807) is 0 Å². The first-order valence-corrected chi connectivity index (χ1v) is 10.7. The zero-order chi connectivity index (χ0) is 18.0. The number of hydrogen-bond acceptors (Lipinski definition) is 1. The van der Waals surface area contributed by atoms with Gasteiger partial charge in [-0.15, -0.1) is 0 Å². The summed E-state index contributed by atoms with van der Waals surface area (Å²) in [6.07, 6.45) is 11.2. The Morgan fingerprint density at radius 1 is 1.04 bits per heavy atom. The molecule has 0 bridgehead atoms. The smallest absolute Gasteiger partial charge is 0.115 e. The highest BCUT2D eigenvalue weighted by molar-refractivity contribution is 5.30. The Morgan fingerprint density at radius 3 is 2.44 bits per heavy atom. The van der Waals surface area contributed by atoms with Crippen LogP contribution >= 0.6 is 0 Å². The van der Waals surface area contributed by atoms with E-state index >= 15 is 0 Å². The van der Waals surface area contributed by atoms with E-state index in [9.17, 15) is 5.11 Å². The van der Waals surface area contributed by atoms with E-state index < -0.39 is 0 Å². The van der Waals surface area contributed by atoms with E-state index in [0.29, 0.717) is 17.1 Å². The summed E-state index contributed by atoms with van der Waals surface area (Å²) in [7, 11) is 0. The molecule has 1 aromatic rings. The molecule has 0 spiro atoms. The third-order valence-electron chi connectivity index (χ3n) is 7.65. The lowest BCUT2D eigenvalue weighted by Crippen LogP contribution is -2.38. The van der Waals surface area contributed by atoms with Crippen LogP contribution in [-0.2, 0) is 0 Å². The van der Waals surface area contributed by atoms with Crippen LogP contribution in [0.4, 0.5) is 0 Å². The van der Waals surface area contributed by atoms with Crippen LogP contribution in [0.5, 0.6) is 5.75 Å². The van der Waals surface area contributed by atoms with Gasteiger partial charge < -0.3 is 5.11 Å². The number of rotatable bonds is 6. The summed E-state index contributed by atoms with van der Waals surface area (Å²) in [5, 5.41) is 9.63. The molecule has 1 heteroatoms. The average molecular weight is 343 g/mol.